The van der Waals surface area contributed by atoms with E-state index in [1.807, 2.05) is 0 Å². The summed E-state index contributed by atoms with van der Waals surface area (Å²) < 4.78 is 16.9. The molecule has 4 aliphatic heterocycles. The molecule has 180 valence electrons. The van der Waals surface area contributed by atoms with Gasteiger partial charge in [0.25, 0.3) is 0 Å². The Morgan fingerprint density at radius 3 is 2.75 bits per heavy atom. The summed E-state index contributed by atoms with van der Waals surface area (Å²) >= 11 is 3.61. The van der Waals surface area contributed by atoms with Crippen LogP contribution in [-0.4, -0.2) is 114 Å². The zero-order chi connectivity index (χ0) is 22.9. The van der Waals surface area contributed by atoms with E-state index in [0.29, 0.717) is 39.1 Å². The van der Waals surface area contributed by atoms with E-state index in [9.17, 15) is 19.5 Å². The van der Waals surface area contributed by atoms with Crippen LogP contribution in [0.1, 0.15) is 19.8 Å². The molecule has 4 aliphatic rings. The first-order valence-corrected chi connectivity index (χ1v) is 12.3. The molecule has 0 aromatic carbocycles. The third-order valence-corrected chi connectivity index (χ3v) is 7.83. The van der Waals surface area contributed by atoms with Crippen LogP contribution in [0.25, 0.3) is 0 Å². The lowest BCUT2D eigenvalue weighted by Gasteiger charge is -2.34. The van der Waals surface area contributed by atoms with Crippen molar-refractivity contribution < 1.29 is 33.7 Å². The zero-order valence-electron chi connectivity index (χ0n) is 18.3. The molecule has 0 radical (unpaired) electrons. The van der Waals surface area contributed by atoms with Crippen LogP contribution in [0.15, 0.2) is 0 Å². The second-order valence-corrected chi connectivity index (χ2v) is 9.95. The number of aliphatic hydroxyl groups is 1. The van der Waals surface area contributed by atoms with E-state index in [1.54, 1.807) is 6.92 Å². The highest BCUT2D eigenvalue weighted by molar-refractivity contribution is 9.09. The molecule has 3 unspecified atom stereocenters. The minimum Gasteiger partial charge on any atom is -0.466 e. The quantitative estimate of drug-likeness (QED) is 0.299. The van der Waals surface area contributed by atoms with E-state index < -0.39 is 35.6 Å². The Bertz CT molecular complexity index is 734. The van der Waals surface area contributed by atoms with E-state index in [-0.39, 0.29) is 36.4 Å². The van der Waals surface area contributed by atoms with Crippen molar-refractivity contribution in [2.45, 2.75) is 42.3 Å². The summed E-state index contributed by atoms with van der Waals surface area (Å²) in [5, 5.41) is 12.3. The molecule has 4 fully saturated rings. The highest BCUT2D eigenvalue weighted by atomic mass is 79.9. The van der Waals surface area contributed by atoms with Crippen molar-refractivity contribution >= 4 is 33.7 Å². The number of esters is 1. The first-order valence-electron chi connectivity index (χ1n) is 11.4. The van der Waals surface area contributed by atoms with Crippen molar-refractivity contribution in [1.29, 1.82) is 0 Å². The molecule has 1 spiro atoms. The number of halogens is 1. The first-order chi connectivity index (χ1) is 15.4. The van der Waals surface area contributed by atoms with Crippen molar-refractivity contribution in [3.63, 3.8) is 0 Å². The summed E-state index contributed by atoms with van der Waals surface area (Å²) in [6.07, 6.45) is 0.296. The molecule has 4 heterocycles. The molecule has 4 saturated heterocycles. The standard InChI is InChI=1S/C21H32BrN3O7/c1-2-31-20(29)14-15-19(28)25(5-3-9-26)17(21(15)12-13(22)16(14)32-21)18(27)23-4-6-24-7-10-30-11-8-24/h13-17,26H,2-12H2,1H3,(H,23,27)/t13?,14-,15-,16-,17?,21?/m0/s1. The lowest BCUT2D eigenvalue weighted by atomic mass is 9.70. The van der Waals surface area contributed by atoms with E-state index in [0.717, 1.165) is 13.1 Å². The van der Waals surface area contributed by atoms with Gasteiger partial charge >= 0.3 is 5.97 Å². The normalized spacial score (nSPS) is 36.4. The van der Waals surface area contributed by atoms with Crippen LogP contribution in [0.3, 0.4) is 0 Å². The smallest absolute Gasteiger partial charge is 0.312 e. The number of amides is 2. The van der Waals surface area contributed by atoms with Gasteiger partial charge in [-0.2, -0.15) is 0 Å². The molecule has 4 rings (SSSR count). The van der Waals surface area contributed by atoms with Gasteiger partial charge in [-0.25, -0.2) is 0 Å². The van der Waals surface area contributed by atoms with Gasteiger partial charge < -0.3 is 29.5 Å². The summed E-state index contributed by atoms with van der Waals surface area (Å²) in [5.74, 6) is -2.52. The van der Waals surface area contributed by atoms with Gasteiger partial charge in [0.2, 0.25) is 11.8 Å². The number of ether oxygens (including phenoxy) is 3. The Balaban J connectivity index is 1.54. The van der Waals surface area contributed by atoms with Crippen LogP contribution < -0.4 is 5.32 Å². The largest absolute Gasteiger partial charge is 0.466 e. The number of alkyl halides is 1. The summed E-state index contributed by atoms with van der Waals surface area (Å²) in [4.78, 5) is 43.2. The predicted octanol–water partition coefficient (Wildman–Crippen LogP) is -0.872. The zero-order valence-corrected chi connectivity index (χ0v) is 19.9. The molecule has 6 atom stereocenters. The second kappa shape index (κ2) is 9.92. The number of carbonyl (C=O) groups excluding carboxylic acids is 3. The molecule has 11 heteroatoms. The minimum atomic E-state index is -1.08. The minimum absolute atomic E-state index is 0.0985. The molecular weight excluding hydrogens is 486 g/mol. The number of aliphatic hydroxyl groups excluding tert-OH is 1. The lowest BCUT2D eigenvalue weighted by Crippen LogP contribution is -2.56. The van der Waals surface area contributed by atoms with Crippen molar-refractivity contribution in [2.75, 3.05) is 59.2 Å². The average Bonchev–Trinajstić information content (AvgIpc) is 3.36. The fourth-order valence-electron chi connectivity index (χ4n) is 5.68. The van der Waals surface area contributed by atoms with Gasteiger partial charge in [-0.3, -0.25) is 19.3 Å². The maximum absolute atomic E-state index is 13.5. The number of hydrogen-bond donors (Lipinski definition) is 2. The van der Waals surface area contributed by atoms with Gasteiger partial charge in [0.05, 0.1) is 37.8 Å². The van der Waals surface area contributed by atoms with Gasteiger partial charge in [0.15, 0.2) is 0 Å². The number of fused-ring (bicyclic) bond motifs is 1. The molecule has 0 aromatic heterocycles. The number of likely N-dealkylation sites (tertiary alicyclic amines) is 1. The molecular formula is C21H32BrN3O7. The monoisotopic (exact) mass is 517 g/mol. The summed E-state index contributed by atoms with van der Waals surface area (Å²) in [6, 6.07) is -0.847. The van der Waals surface area contributed by atoms with Crippen molar-refractivity contribution in [3.05, 3.63) is 0 Å². The molecule has 32 heavy (non-hydrogen) atoms. The number of nitrogens with one attached hydrogen (secondary N) is 1. The molecule has 0 saturated carbocycles. The summed E-state index contributed by atoms with van der Waals surface area (Å²) in [5.41, 5.74) is -1.08. The van der Waals surface area contributed by atoms with E-state index >= 15 is 0 Å². The summed E-state index contributed by atoms with van der Waals surface area (Å²) in [6.45, 7) is 6.21. The topological polar surface area (TPSA) is 118 Å². The van der Waals surface area contributed by atoms with Crippen LogP contribution in [0.2, 0.25) is 0 Å². The van der Waals surface area contributed by atoms with Crippen LogP contribution >= 0.6 is 15.9 Å². The summed E-state index contributed by atoms with van der Waals surface area (Å²) in [7, 11) is 0. The van der Waals surface area contributed by atoms with E-state index in [4.69, 9.17) is 14.2 Å². The SMILES string of the molecule is CCOC(=O)[C@H]1[C@H]2C(=O)N(CCCO)C(C(=O)NCCN3CCOCC3)C23CC(Br)[C@@H]1O3. The van der Waals surface area contributed by atoms with Gasteiger partial charge in [-0.1, -0.05) is 15.9 Å². The number of carbonyl (C=O) groups is 3. The van der Waals surface area contributed by atoms with E-state index in [1.165, 1.54) is 4.90 Å². The van der Waals surface area contributed by atoms with Gasteiger partial charge in [-0.15, -0.1) is 0 Å². The fourth-order valence-corrected chi connectivity index (χ4v) is 6.62. The van der Waals surface area contributed by atoms with Crippen molar-refractivity contribution in [3.8, 4) is 0 Å². The van der Waals surface area contributed by atoms with Crippen LogP contribution in [-0.2, 0) is 28.6 Å². The number of morpholine rings is 1. The van der Waals surface area contributed by atoms with Crippen molar-refractivity contribution in [2.24, 2.45) is 11.8 Å². The Morgan fingerprint density at radius 2 is 2.06 bits per heavy atom. The third-order valence-electron chi connectivity index (χ3n) is 6.98. The molecule has 2 bridgehead atoms. The number of rotatable bonds is 9. The Morgan fingerprint density at radius 1 is 1.31 bits per heavy atom. The van der Waals surface area contributed by atoms with Crippen LogP contribution in [0.5, 0.6) is 0 Å². The van der Waals surface area contributed by atoms with E-state index in [2.05, 4.69) is 26.1 Å². The number of hydrogen-bond acceptors (Lipinski definition) is 8. The molecule has 2 amide bonds. The van der Waals surface area contributed by atoms with Gasteiger partial charge in [-0.05, 0) is 19.8 Å². The number of nitrogens with zero attached hydrogens (tertiary/aromatic N) is 2. The maximum atomic E-state index is 13.5. The first kappa shape index (κ1) is 23.9. The van der Waals surface area contributed by atoms with Crippen molar-refractivity contribution in [1.82, 2.24) is 15.1 Å². The van der Waals surface area contributed by atoms with Crippen LogP contribution in [0, 0.1) is 11.8 Å². The fraction of sp³-hybridized carbons (Fsp3) is 0.857. The lowest BCUT2D eigenvalue weighted by molar-refractivity contribution is -0.154. The highest BCUT2D eigenvalue weighted by Gasteiger charge is 2.76. The molecule has 0 aliphatic carbocycles. The van der Waals surface area contributed by atoms with Gasteiger partial charge in [0.1, 0.15) is 11.6 Å². The second-order valence-electron chi connectivity index (χ2n) is 8.77. The Hall–Kier alpha value is -1.27. The molecule has 10 nitrogen and oxygen atoms in total. The average molecular weight is 518 g/mol. The van der Waals surface area contributed by atoms with Crippen LogP contribution in [0.4, 0.5) is 0 Å². The molecule has 2 N–H and O–H groups in total. The van der Waals surface area contributed by atoms with Gasteiger partial charge in [0, 0.05) is 44.2 Å². The Labute approximate surface area is 196 Å². The third kappa shape index (κ3) is 4.06. The highest BCUT2D eigenvalue weighted by Crippen LogP contribution is 2.60. The predicted molar refractivity (Wildman–Crippen MR) is 116 cm³/mol. The molecule has 0 aromatic rings. The maximum Gasteiger partial charge on any atom is 0.312 e. The Kier molecular flexibility index (Phi) is 7.40.